The molecule has 1 heterocycles. The van der Waals surface area contributed by atoms with E-state index in [1.807, 2.05) is 30.3 Å². The van der Waals surface area contributed by atoms with Gasteiger partial charge in [-0.1, -0.05) is 30.3 Å². The molecule has 1 aliphatic rings. The number of nitrogens with one attached hydrogen (secondary N) is 1. The fourth-order valence-electron chi connectivity index (χ4n) is 2.63. The molecule has 1 aliphatic heterocycles. The Morgan fingerprint density at radius 2 is 2.00 bits per heavy atom. The summed E-state index contributed by atoms with van der Waals surface area (Å²) in [7, 11) is 0. The SMILES string of the molecule is CC(NC(=O)[C@H](N)Cc1ccccc1)C1CCOCC1. The maximum absolute atomic E-state index is 12.1. The molecule has 0 aromatic heterocycles. The average molecular weight is 276 g/mol. The molecule has 1 unspecified atom stereocenters. The lowest BCUT2D eigenvalue weighted by Gasteiger charge is -2.29. The first-order chi connectivity index (χ1) is 9.66. The van der Waals surface area contributed by atoms with Crippen LogP contribution in [0.15, 0.2) is 30.3 Å². The molecule has 0 spiro atoms. The molecule has 0 aliphatic carbocycles. The van der Waals surface area contributed by atoms with Crippen LogP contribution in [0.25, 0.3) is 0 Å². The highest BCUT2D eigenvalue weighted by atomic mass is 16.5. The third kappa shape index (κ3) is 4.32. The first-order valence-corrected chi connectivity index (χ1v) is 7.34. The molecule has 4 nitrogen and oxygen atoms in total. The minimum absolute atomic E-state index is 0.0622. The molecule has 3 N–H and O–H groups in total. The highest BCUT2D eigenvalue weighted by Crippen LogP contribution is 2.18. The van der Waals surface area contributed by atoms with Gasteiger partial charge in [-0.3, -0.25) is 4.79 Å². The number of hydrogen-bond acceptors (Lipinski definition) is 3. The van der Waals surface area contributed by atoms with Gasteiger partial charge in [0.2, 0.25) is 5.91 Å². The molecule has 0 radical (unpaired) electrons. The van der Waals surface area contributed by atoms with Crippen LogP contribution >= 0.6 is 0 Å². The minimum atomic E-state index is -0.486. The normalized spacial score (nSPS) is 19.3. The molecular weight excluding hydrogens is 252 g/mol. The number of benzene rings is 1. The van der Waals surface area contributed by atoms with E-state index in [-0.39, 0.29) is 11.9 Å². The van der Waals surface area contributed by atoms with Gasteiger partial charge >= 0.3 is 0 Å². The Kier molecular flexibility index (Phi) is 5.56. The van der Waals surface area contributed by atoms with Crippen LogP contribution in [-0.2, 0) is 16.0 Å². The number of nitrogens with two attached hydrogens (primary N) is 1. The van der Waals surface area contributed by atoms with E-state index in [0.717, 1.165) is 31.6 Å². The van der Waals surface area contributed by atoms with Gasteiger partial charge < -0.3 is 15.8 Å². The molecule has 4 heteroatoms. The second-order valence-corrected chi connectivity index (χ2v) is 5.54. The van der Waals surface area contributed by atoms with Crippen molar-refractivity contribution in [1.29, 1.82) is 0 Å². The standard InChI is InChI=1S/C16H24N2O2/c1-12(14-7-9-20-10-8-14)18-16(19)15(17)11-13-5-3-2-4-6-13/h2-6,12,14-15H,7-11,17H2,1H3,(H,18,19)/t12?,15-/m1/s1. The summed E-state index contributed by atoms with van der Waals surface area (Å²) in [5.74, 6) is 0.435. The smallest absolute Gasteiger partial charge is 0.237 e. The lowest BCUT2D eigenvalue weighted by molar-refractivity contribution is -0.123. The molecule has 0 saturated carbocycles. The van der Waals surface area contributed by atoms with Crippen LogP contribution in [-0.4, -0.2) is 31.2 Å². The maximum atomic E-state index is 12.1. The number of rotatable bonds is 5. The predicted octanol–water partition coefficient (Wildman–Crippen LogP) is 1.49. The van der Waals surface area contributed by atoms with Crippen molar-refractivity contribution >= 4 is 5.91 Å². The zero-order valence-electron chi connectivity index (χ0n) is 12.0. The summed E-state index contributed by atoms with van der Waals surface area (Å²) in [6, 6.07) is 9.55. The van der Waals surface area contributed by atoms with E-state index in [0.29, 0.717) is 12.3 Å². The van der Waals surface area contributed by atoms with Gasteiger partial charge in [-0.15, -0.1) is 0 Å². The monoisotopic (exact) mass is 276 g/mol. The molecule has 0 bridgehead atoms. The molecule has 1 aromatic carbocycles. The first kappa shape index (κ1) is 15.0. The molecule has 110 valence electrons. The van der Waals surface area contributed by atoms with Crippen molar-refractivity contribution < 1.29 is 9.53 Å². The Balaban J connectivity index is 1.81. The van der Waals surface area contributed by atoms with E-state index in [1.54, 1.807) is 0 Å². The third-order valence-corrected chi connectivity index (χ3v) is 3.98. The van der Waals surface area contributed by atoms with Gasteiger partial charge in [-0.05, 0) is 37.7 Å². The predicted molar refractivity (Wildman–Crippen MR) is 79.3 cm³/mol. The molecule has 20 heavy (non-hydrogen) atoms. The van der Waals surface area contributed by atoms with Crippen molar-refractivity contribution in [1.82, 2.24) is 5.32 Å². The van der Waals surface area contributed by atoms with Crippen LogP contribution in [0.1, 0.15) is 25.3 Å². The highest BCUT2D eigenvalue weighted by Gasteiger charge is 2.23. The van der Waals surface area contributed by atoms with Gasteiger partial charge in [-0.2, -0.15) is 0 Å². The van der Waals surface area contributed by atoms with Crippen LogP contribution < -0.4 is 11.1 Å². The van der Waals surface area contributed by atoms with E-state index in [9.17, 15) is 4.79 Å². The summed E-state index contributed by atoms with van der Waals surface area (Å²) < 4.78 is 5.34. The van der Waals surface area contributed by atoms with E-state index in [4.69, 9.17) is 10.5 Å². The summed E-state index contributed by atoms with van der Waals surface area (Å²) in [4.78, 5) is 12.1. The number of ether oxygens (including phenoxy) is 1. The van der Waals surface area contributed by atoms with Crippen molar-refractivity contribution in [3.63, 3.8) is 0 Å². The topological polar surface area (TPSA) is 64.4 Å². The lowest BCUT2D eigenvalue weighted by atomic mass is 9.92. The number of hydrogen-bond donors (Lipinski definition) is 2. The second kappa shape index (κ2) is 7.41. The Hall–Kier alpha value is -1.39. The molecule has 2 rings (SSSR count). The zero-order chi connectivity index (χ0) is 14.4. The van der Waals surface area contributed by atoms with Crippen molar-refractivity contribution in [3.05, 3.63) is 35.9 Å². The minimum Gasteiger partial charge on any atom is -0.381 e. The van der Waals surface area contributed by atoms with Crippen molar-refractivity contribution in [3.8, 4) is 0 Å². The fraction of sp³-hybridized carbons (Fsp3) is 0.562. The van der Waals surface area contributed by atoms with Gasteiger partial charge in [-0.25, -0.2) is 0 Å². The summed E-state index contributed by atoms with van der Waals surface area (Å²) in [6.07, 6.45) is 2.60. The average Bonchev–Trinajstić information content (AvgIpc) is 2.49. The highest BCUT2D eigenvalue weighted by molar-refractivity contribution is 5.82. The van der Waals surface area contributed by atoms with E-state index >= 15 is 0 Å². The molecule has 1 amide bonds. The second-order valence-electron chi connectivity index (χ2n) is 5.54. The van der Waals surface area contributed by atoms with Crippen LogP contribution in [0.2, 0.25) is 0 Å². The Labute approximate surface area is 120 Å². The summed E-state index contributed by atoms with van der Waals surface area (Å²) in [5, 5.41) is 3.05. The fourth-order valence-corrected chi connectivity index (χ4v) is 2.63. The van der Waals surface area contributed by atoms with E-state index in [1.165, 1.54) is 0 Å². The van der Waals surface area contributed by atoms with Crippen molar-refractivity contribution in [2.75, 3.05) is 13.2 Å². The largest absolute Gasteiger partial charge is 0.381 e. The maximum Gasteiger partial charge on any atom is 0.237 e. The number of carbonyl (C=O) groups is 1. The van der Waals surface area contributed by atoms with E-state index < -0.39 is 6.04 Å². The first-order valence-electron chi connectivity index (χ1n) is 7.34. The van der Waals surface area contributed by atoms with Crippen molar-refractivity contribution in [2.45, 2.75) is 38.3 Å². The van der Waals surface area contributed by atoms with Crippen LogP contribution in [0.5, 0.6) is 0 Å². The molecule has 2 atom stereocenters. The lowest BCUT2D eigenvalue weighted by Crippen LogP contribution is -2.48. The van der Waals surface area contributed by atoms with E-state index in [2.05, 4.69) is 12.2 Å². The third-order valence-electron chi connectivity index (χ3n) is 3.98. The summed E-state index contributed by atoms with van der Waals surface area (Å²) in [5.41, 5.74) is 7.08. The summed E-state index contributed by atoms with van der Waals surface area (Å²) in [6.45, 7) is 3.64. The van der Waals surface area contributed by atoms with Crippen LogP contribution in [0.4, 0.5) is 0 Å². The number of carbonyl (C=O) groups excluding carboxylic acids is 1. The van der Waals surface area contributed by atoms with Crippen LogP contribution in [0.3, 0.4) is 0 Å². The molecule has 1 saturated heterocycles. The van der Waals surface area contributed by atoms with Crippen molar-refractivity contribution in [2.24, 2.45) is 11.7 Å². The van der Waals surface area contributed by atoms with Gasteiger partial charge in [0.15, 0.2) is 0 Å². The van der Waals surface area contributed by atoms with Gasteiger partial charge in [0.1, 0.15) is 0 Å². The zero-order valence-corrected chi connectivity index (χ0v) is 12.0. The quantitative estimate of drug-likeness (QED) is 0.856. The Morgan fingerprint density at radius 1 is 1.35 bits per heavy atom. The number of amides is 1. The molecule has 1 fully saturated rings. The molecule has 1 aromatic rings. The van der Waals surface area contributed by atoms with Gasteiger partial charge in [0.25, 0.3) is 0 Å². The van der Waals surface area contributed by atoms with Gasteiger partial charge in [0, 0.05) is 19.3 Å². The Morgan fingerprint density at radius 3 is 2.65 bits per heavy atom. The van der Waals surface area contributed by atoms with Crippen LogP contribution in [0, 0.1) is 5.92 Å². The summed E-state index contributed by atoms with van der Waals surface area (Å²) >= 11 is 0. The Bertz CT molecular complexity index is 416. The van der Waals surface area contributed by atoms with Gasteiger partial charge in [0.05, 0.1) is 6.04 Å². The molecular formula is C16H24N2O2.